The maximum Gasteiger partial charge on any atom is 0.0628 e. The Balaban J connectivity index is 2.24. The Kier molecular flexibility index (Phi) is 6.22. The average molecular weight is 214 g/mol. The number of likely N-dealkylation sites (tertiary alicyclic amines) is 1. The molecule has 1 saturated heterocycles. The lowest BCUT2D eigenvalue weighted by atomic mass is 9.99. The van der Waals surface area contributed by atoms with Crippen LogP contribution in [0.3, 0.4) is 0 Å². The fourth-order valence-corrected chi connectivity index (χ4v) is 2.22. The maximum absolute atomic E-state index is 5.23. The van der Waals surface area contributed by atoms with E-state index in [1.807, 2.05) is 0 Å². The molecule has 1 rings (SSSR count). The molecule has 1 heterocycles. The van der Waals surface area contributed by atoms with Crippen molar-refractivity contribution in [3.05, 3.63) is 0 Å². The van der Waals surface area contributed by atoms with E-state index in [4.69, 9.17) is 4.74 Å². The van der Waals surface area contributed by atoms with Gasteiger partial charge in [-0.1, -0.05) is 13.8 Å². The molecule has 90 valence electrons. The molecule has 1 N–H and O–H groups in total. The molecule has 0 radical (unpaired) electrons. The van der Waals surface area contributed by atoms with Crippen molar-refractivity contribution in [2.75, 3.05) is 39.9 Å². The van der Waals surface area contributed by atoms with E-state index in [0.717, 1.165) is 25.6 Å². The van der Waals surface area contributed by atoms with Gasteiger partial charge < -0.3 is 15.0 Å². The van der Waals surface area contributed by atoms with Crippen LogP contribution in [0, 0.1) is 5.92 Å². The molecular weight excluding hydrogens is 188 g/mol. The van der Waals surface area contributed by atoms with Gasteiger partial charge in [-0.2, -0.15) is 0 Å². The molecule has 1 aliphatic heterocycles. The summed E-state index contributed by atoms with van der Waals surface area (Å²) in [6.45, 7) is 10.0. The van der Waals surface area contributed by atoms with E-state index in [2.05, 4.69) is 24.1 Å². The SMILES string of the molecule is CCNC(COC)CN1CCC(C)CC1. The number of likely N-dealkylation sites (N-methyl/N-ethyl adjacent to an activating group) is 1. The first-order valence-electron chi connectivity index (χ1n) is 6.21. The minimum absolute atomic E-state index is 0.494. The minimum Gasteiger partial charge on any atom is -0.383 e. The second-order valence-corrected chi connectivity index (χ2v) is 4.69. The van der Waals surface area contributed by atoms with E-state index in [1.54, 1.807) is 7.11 Å². The van der Waals surface area contributed by atoms with Gasteiger partial charge >= 0.3 is 0 Å². The molecule has 3 nitrogen and oxygen atoms in total. The molecule has 15 heavy (non-hydrogen) atoms. The number of nitrogens with one attached hydrogen (secondary N) is 1. The zero-order chi connectivity index (χ0) is 11.1. The molecule has 0 aromatic heterocycles. The summed E-state index contributed by atoms with van der Waals surface area (Å²) in [7, 11) is 1.78. The van der Waals surface area contributed by atoms with E-state index in [9.17, 15) is 0 Å². The van der Waals surface area contributed by atoms with Gasteiger partial charge in [0.05, 0.1) is 6.61 Å². The Morgan fingerprint density at radius 1 is 1.40 bits per heavy atom. The number of hydrogen-bond acceptors (Lipinski definition) is 3. The first-order chi connectivity index (χ1) is 7.26. The van der Waals surface area contributed by atoms with Gasteiger partial charge in [0, 0.05) is 19.7 Å². The Morgan fingerprint density at radius 3 is 2.60 bits per heavy atom. The van der Waals surface area contributed by atoms with Crippen LogP contribution in [0.2, 0.25) is 0 Å². The van der Waals surface area contributed by atoms with E-state index >= 15 is 0 Å². The van der Waals surface area contributed by atoms with Gasteiger partial charge in [-0.05, 0) is 38.4 Å². The van der Waals surface area contributed by atoms with Crippen molar-refractivity contribution in [1.29, 1.82) is 0 Å². The van der Waals surface area contributed by atoms with Crippen LogP contribution in [0.15, 0.2) is 0 Å². The molecule has 1 fully saturated rings. The van der Waals surface area contributed by atoms with E-state index < -0.39 is 0 Å². The number of rotatable bonds is 6. The van der Waals surface area contributed by atoms with E-state index in [-0.39, 0.29) is 0 Å². The molecule has 1 atom stereocenters. The summed E-state index contributed by atoms with van der Waals surface area (Å²) in [6, 6.07) is 0.494. The summed E-state index contributed by atoms with van der Waals surface area (Å²) in [5, 5.41) is 3.48. The second-order valence-electron chi connectivity index (χ2n) is 4.69. The van der Waals surface area contributed by atoms with Crippen molar-refractivity contribution < 1.29 is 4.74 Å². The summed E-state index contributed by atoms with van der Waals surface area (Å²) >= 11 is 0. The lowest BCUT2D eigenvalue weighted by Gasteiger charge is -2.33. The second kappa shape index (κ2) is 7.20. The van der Waals surface area contributed by atoms with Gasteiger partial charge in [-0.25, -0.2) is 0 Å². The standard InChI is InChI=1S/C12H26N2O/c1-4-13-12(10-15-3)9-14-7-5-11(2)6-8-14/h11-13H,4-10H2,1-3H3. The van der Waals surface area contributed by atoms with Gasteiger partial charge in [0.15, 0.2) is 0 Å². The summed E-state index contributed by atoms with van der Waals surface area (Å²) in [6.07, 6.45) is 2.71. The van der Waals surface area contributed by atoms with Crippen molar-refractivity contribution in [3.8, 4) is 0 Å². The monoisotopic (exact) mass is 214 g/mol. The van der Waals surface area contributed by atoms with Crippen LogP contribution in [0.25, 0.3) is 0 Å². The van der Waals surface area contributed by atoms with Gasteiger partial charge in [0.1, 0.15) is 0 Å². The van der Waals surface area contributed by atoms with Crippen molar-refractivity contribution in [3.63, 3.8) is 0 Å². The number of piperidine rings is 1. The normalized spacial score (nSPS) is 21.8. The molecule has 3 heteroatoms. The van der Waals surface area contributed by atoms with Gasteiger partial charge in [0.2, 0.25) is 0 Å². The molecule has 1 aliphatic rings. The first-order valence-corrected chi connectivity index (χ1v) is 6.21. The lowest BCUT2D eigenvalue weighted by molar-refractivity contribution is 0.121. The van der Waals surface area contributed by atoms with Crippen LogP contribution in [-0.2, 0) is 4.74 Å². The van der Waals surface area contributed by atoms with Crippen LogP contribution in [0.1, 0.15) is 26.7 Å². The van der Waals surface area contributed by atoms with E-state index in [0.29, 0.717) is 6.04 Å². The van der Waals surface area contributed by atoms with Crippen LogP contribution in [-0.4, -0.2) is 50.8 Å². The minimum atomic E-state index is 0.494. The Hall–Kier alpha value is -0.120. The molecule has 0 aromatic rings. The quantitative estimate of drug-likeness (QED) is 0.722. The van der Waals surface area contributed by atoms with Crippen LogP contribution >= 0.6 is 0 Å². The zero-order valence-corrected chi connectivity index (χ0v) is 10.5. The number of methoxy groups -OCH3 is 1. The highest BCUT2D eigenvalue weighted by molar-refractivity contribution is 4.75. The molecule has 0 saturated carbocycles. The van der Waals surface area contributed by atoms with E-state index in [1.165, 1.54) is 25.9 Å². The smallest absolute Gasteiger partial charge is 0.0628 e. The van der Waals surface area contributed by atoms with Gasteiger partial charge in [0.25, 0.3) is 0 Å². The Bertz CT molecular complexity index is 150. The fourth-order valence-electron chi connectivity index (χ4n) is 2.22. The highest BCUT2D eigenvalue weighted by Crippen LogP contribution is 2.15. The number of nitrogens with zero attached hydrogens (tertiary/aromatic N) is 1. The molecule has 0 aliphatic carbocycles. The maximum atomic E-state index is 5.23. The highest BCUT2D eigenvalue weighted by atomic mass is 16.5. The molecule has 0 amide bonds. The summed E-state index contributed by atoms with van der Waals surface area (Å²) in [5.41, 5.74) is 0. The molecular formula is C12H26N2O. The average Bonchev–Trinajstić information content (AvgIpc) is 2.22. The zero-order valence-electron chi connectivity index (χ0n) is 10.5. The van der Waals surface area contributed by atoms with Crippen molar-refractivity contribution in [2.24, 2.45) is 5.92 Å². The number of ether oxygens (including phenoxy) is 1. The molecule has 0 spiro atoms. The third-order valence-electron chi connectivity index (χ3n) is 3.22. The third kappa shape index (κ3) is 4.96. The highest BCUT2D eigenvalue weighted by Gasteiger charge is 2.18. The predicted octanol–water partition coefficient (Wildman–Crippen LogP) is 1.34. The summed E-state index contributed by atoms with van der Waals surface area (Å²) in [5.74, 6) is 0.918. The van der Waals surface area contributed by atoms with Crippen LogP contribution in [0.4, 0.5) is 0 Å². The predicted molar refractivity (Wildman–Crippen MR) is 64.2 cm³/mol. The van der Waals surface area contributed by atoms with Crippen LogP contribution in [0.5, 0.6) is 0 Å². The molecule has 0 bridgehead atoms. The van der Waals surface area contributed by atoms with Crippen molar-refractivity contribution in [1.82, 2.24) is 10.2 Å². The first kappa shape index (κ1) is 12.9. The Morgan fingerprint density at radius 2 is 2.07 bits per heavy atom. The largest absolute Gasteiger partial charge is 0.383 e. The summed E-state index contributed by atoms with van der Waals surface area (Å²) in [4.78, 5) is 2.56. The van der Waals surface area contributed by atoms with Gasteiger partial charge in [-0.15, -0.1) is 0 Å². The van der Waals surface area contributed by atoms with Crippen LogP contribution < -0.4 is 5.32 Å². The van der Waals surface area contributed by atoms with Gasteiger partial charge in [-0.3, -0.25) is 0 Å². The Labute approximate surface area is 94.2 Å². The third-order valence-corrected chi connectivity index (χ3v) is 3.22. The lowest BCUT2D eigenvalue weighted by Crippen LogP contribution is -2.46. The fraction of sp³-hybridized carbons (Fsp3) is 1.00. The number of hydrogen-bond donors (Lipinski definition) is 1. The molecule has 1 unspecified atom stereocenters. The molecule has 0 aromatic carbocycles. The summed E-state index contributed by atoms with van der Waals surface area (Å²) < 4.78 is 5.23. The van der Waals surface area contributed by atoms with Crippen molar-refractivity contribution >= 4 is 0 Å². The topological polar surface area (TPSA) is 24.5 Å². The van der Waals surface area contributed by atoms with Crippen molar-refractivity contribution in [2.45, 2.75) is 32.7 Å².